The van der Waals surface area contributed by atoms with Crippen LogP contribution in [0.25, 0.3) is 0 Å². The predicted octanol–water partition coefficient (Wildman–Crippen LogP) is 2.28. The Morgan fingerprint density at radius 2 is 1.61 bits per heavy atom. The summed E-state index contributed by atoms with van der Waals surface area (Å²) in [5.74, 6) is -0.132. The van der Waals surface area contributed by atoms with E-state index in [2.05, 4.69) is 16.0 Å². The lowest BCUT2D eigenvalue weighted by atomic mass is 10.4. The van der Waals surface area contributed by atoms with Crippen molar-refractivity contribution in [1.82, 2.24) is 5.32 Å². The van der Waals surface area contributed by atoms with Gasteiger partial charge in [-0.3, -0.25) is 9.59 Å². The summed E-state index contributed by atoms with van der Waals surface area (Å²) in [5, 5.41) is 9.68. The first-order valence-electron chi connectivity index (χ1n) is 5.99. The van der Waals surface area contributed by atoms with Crippen molar-refractivity contribution in [2.45, 2.75) is 27.2 Å². The van der Waals surface area contributed by atoms with Crippen molar-refractivity contribution in [1.29, 1.82) is 0 Å². The van der Waals surface area contributed by atoms with Crippen LogP contribution < -0.4 is 16.0 Å². The summed E-state index contributed by atoms with van der Waals surface area (Å²) in [6.45, 7) is 6.06. The topological polar surface area (TPSA) is 70.2 Å². The van der Waals surface area contributed by atoms with Crippen LogP contribution >= 0.6 is 11.3 Å². The first-order chi connectivity index (χ1) is 8.65. The third-order valence-electron chi connectivity index (χ3n) is 1.79. The summed E-state index contributed by atoms with van der Waals surface area (Å²) >= 11 is 1.34. The maximum Gasteiger partial charge on any atom is 0.238 e. The van der Waals surface area contributed by atoms with Gasteiger partial charge in [-0.15, -0.1) is 11.3 Å². The fraction of sp³-hybridized carbons (Fsp3) is 0.500. The quantitative estimate of drug-likeness (QED) is 0.769. The SMILES string of the molecule is CC.CCC(=O)Nc1ccc(NC(=O)CNC)s1. The Balaban J connectivity index is 0.00000137. The summed E-state index contributed by atoms with van der Waals surface area (Å²) in [7, 11) is 1.71. The summed E-state index contributed by atoms with van der Waals surface area (Å²) in [5.41, 5.74) is 0. The molecule has 18 heavy (non-hydrogen) atoms. The van der Waals surface area contributed by atoms with Crippen LogP contribution in [0.15, 0.2) is 12.1 Å². The Kier molecular flexibility index (Phi) is 8.86. The third-order valence-corrected chi connectivity index (χ3v) is 2.71. The number of carbonyl (C=O) groups is 2. The van der Waals surface area contributed by atoms with Gasteiger partial charge in [-0.05, 0) is 19.2 Å². The van der Waals surface area contributed by atoms with Crippen LogP contribution in [-0.2, 0) is 9.59 Å². The molecule has 0 spiro atoms. The largest absolute Gasteiger partial charge is 0.318 e. The van der Waals surface area contributed by atoms with E-state index in [0.717, 1.165) is 10.0 Å². The summed E-state index contributed by atoms with van der Waals surface area (Å²) < 4.78 is 0. The summed E-state index contributed by atoms with van der Waals surface area (Å²) in [6.07, 6.45) is 0.444. The lowest BCUT2D eigenvalue weighted by Crippen LogP contribution is -2.24. The molecule has 0 unspecified atom stereocenters. The average molecular weight is 271 g/mol. The number of anilines is 2. The van der Waals surface area contributed by atoms with Crippen molar-refractivity contribution >= 4 is 33.2 Å². The molecule has 1 aromatic heterocycles. The minimum atomic E-state index is -0.0993. The van der Waals surface area contributed by atoms with Crippen LogP contribution in [0.4, 0.5) is 10.0 Å². The molecule has 0 atom stereocenters. The number of nitrogens with one attached hydrogen (secondary N) is 3. The number of thiophene rings is 1. The van der Waals surface area contributed by atoms with Gasteiger partial charge in [0.1, 0.15) is 0 Å². The van der Waals surface area contributed by atoms with Gasteiger partial charge in [0.2, 0.25) is 11.8 Å². The van der Waals surface area contributed by atoms with Crippen LogP contribution in [0.2, 0.25) is 0 Å². The molecular formula is C12H21N3O2S. The summed E-state index contributed by atoms with van der Waals surface area (Å²) in [6, 6.07) is 3.54. The Hall–Kier alpha value is -1.40. The fourth-order valence-electron chi connectivity index (χ4n) is 1.04. The highest BCUT2D eigenvalue weighted by Crippen LogP contribution is 2.26. The zero-order chi connectivity index (χ0) is 14.0. The highest BCUT2D eigenvalue weighted by Gasteiger charge is 2.05. The molecule has 0 radical (unpaired) electrons. The van der Waals surface area contributed by atoms with Crippen LogP contribution in [0.3, 0.4) is 0 Å². The molecule has 0 fully saturated rings. The number of hydrogen-bond donors (Lipinski definition) is 3. The number of amides is 2. The Labute approximate surface area is 112 Å². The van der Waals surface area contributed by atoms with Gasteiger partial charge in [0, 0.05) is 6.42 Å². The molecule has 0 bridgehead atoms. The third kappa shape index (κ3) is 6.36. The zero-order valence-corrected chi connectivity index (χ0v) is 12.1. The van der Waals surface area contributed by atoms with Gasteiger partial charge in [0.25, 0.3) is 0 Å². The van der Waals surface area contributed by atoms with Gasteiger partial charge in [-0.2, -0.15) is 0 Å². The van der Waals surface area contributed by atoms with Crippen molar-refractivity contribution < 1.29 is 9.59 Å². The standard InChI is InChI=1S/C10H15N3O2S.C2H6/c1-3-7(14)12-9-4-5-10(16-9)13-8(15)6-11-2;1-2/h4-5,11H,3,6H2,1-2H3,(H,12,14)(H,13,15);1-2H3. The maximum atomic E-state index is 11.2. The molecule has 0 saturated carbocycles. The zero-order valence-electron chi connectivity index (χ0n) is 11.3. The van der Waals surface area contributed by atoms with E-state index < -0.39 is 0 Å². The molecule has 0 aliphatic carbocycles. The molecule has 0 aliphatic heterocycles. The maximum absolute atomic E-state index is 11.2. The Bertz CT molecular complexity index is 377. The molecule has 0 aliphatic rings. The molecule has 6 heteroatoms. The van der Waals surface area contributed by atoms with E-state index in [9.17, 15) is 9.59 Å². The minimum absolute atomic E-state index is 0.0325. The van der Waals surface area contributed by atoms with E-state index in [0.29, 0.717) is 6.42 Å². The molecule has 3 N–H and O–H groups in total. The van der Waals surface area contributed by atoms with Crippen LogP contribution in [-0.4, -0.2) is 25.4 Å². The molecular weight excluding hydrogens is 250 g/mol. The van der Waals surface area contributed by atoms with Gasteiger partial charge in [0.05, 0.1) is 16.5 Å². The molecule has 5 nitrogen and oxygen atoms in total. The Morgan fingerprint density at radius 1 is 1.11 bits per heavy atom. The molecule has 2 amide bonds. The molecule has 1 heterocycles. The normalized spacial score (nSPS) is 9.11. The summed E-state index contributed by atoms with van der Waals surface area (Å²) in [4.78, 5) is 22.4. The van der Waals surface area contributed by atoms with Crippen molar-refractivity contribution in [3.8, 4) is 0 Å². The van der Waals surface area contributed by atoms with Gasteiger partial charge < -0.3 is 16.0 Å². The van der Waals surface area contributed by atoms with Crippen molar-refractivity contribution in [3.05, 3.63) is 12.1 Å². The van der Waals surface area contributed by atoms with E-state index in [-0.39, 0.29) is 18.4 Å². The molecule has 102 valence electrons. The van der Waals surface area contributed by atoms with E-state index in [1.54, 1.807) is 26.1 Å². The van der Waals surface area contributed by atoms with E-state index in [4.69, 9.17) is 0 Å². The molecule has 0 aromatic carbocycles. The van der Waals surface area contributed by atoms with Crippen molar-refractivity contribution in [3.63, 3.8) is 0 Å². The number of carbonyl (C=O) groups excluding carboxylic acids is 2. The molecule has 1 aromatic rings. The minimum Gasteiger partial charge on any atom is -0.318 e. The van der Waals surface area contributed by atoms with Crippen LogP contribution in [0, 0.1) is 0 Å². The first-order valence-corrected chi connectivity index (χ1v) is 6.81. The van der Waals surface area contributed by atoms with Gasteiger partial charge in [-0.1, -0.05) is 20.8 Å². The lowest BCUT2D eigenvalue weighted by molar-refractivity contribution is -0.116. The van der Waals surface area contributed by atoms with E-state index in [1.165, 1.54) is 11.3 Å². The second-order valence-electron chi connectivity index (χ2n) is 3.14. The van der Waals surface area contributed by atoms with Gasteiger partial charge in [-0.25, -0.2) is 0 Å². The second kappa shape index (κ2) is 9.61. The van der Waals surface area contributed by atoms with Gasteiger partial charge in [0.15, 0.2) is 0 Å². The highest BCUT2D eigenvalue weighted by molar-refractivity contribution is 7.20. The lowest BCUT2D eigenvalue weighted by Gasteiger charge is -2.01. The van der Waals surface area contributed by atoms with Gasteiger partial charge >= 0.3 is 0 Å². The second-order valence-corrected chi connectivity index (χ2v) is 4.23. The average Bonchev–Trinajstić information content (AvgIpc) is 2.79. The van der Waals surface area contributed by atoms with Crippen molar-refractivity contribution in [2.24, 2.45) is 0 Å². The smallest absolute Gasteiger partial charge is 0.238 e. The van der Waals surface area contributed by atoms with Crippen LogP contribution in [0.5, 0.6) is 0 Å². The van der Waals surface area contributed by atoms with E-state index in [1.807, 2.05) is 13.8 Å². The Morgan fingerprint density at radius 3 is 2.06 bits per heavy atom. The van der Waals surface area contributed by atoms with Crippen LogP contribution in [0.1, 0.15) is 27.2 Å². The van der Waals surface area contributed by atoms with Crippen molar-refractivity contribution in [2.75, 3.05) is 24.2 Å². The molecule has 0 saturated heterocycles. The van der Waals surface area contributed by atoms with E-state index >= 15 is 0 Å². The number of rotatable bonds is 5. The number of likely N-dealkylation sites (N-methyl/N-ethyl adjacent to an activating group) is 1. The predicted molar refractivity (Wildman–Crippen MR) is 77.1 cm³/mol. The first kappa shape index (κ1) is 16.6. The fourth-order valence-corrected chi connectivity index (χ4v) is 1.88. The monoisotopic (exact) mass is 271 g/mol. The highest BCUT2D eigenvalue weighted by atomic mass is 32.1. The number of hydrogen-bond acceptors (Lipinski definition) is 4. The molecule has 1 rings (SSSR count).